The quantitative estimate of drug-likeness (QED) is 0.593. The lowest BCUT2D eigenvalue weighted by Crippen LogP contribution is -2.47. The third-order valence-electron chi connectivity index (χ3n) is 4.77. The van der Waals surface area contributed by atoms with Crippen molar-refractivity contribution in [1.29, 1.82) is 5.26 Å². The van der Waals surface area contributed by atoms with Gasteiger partial charge in [-0.15, -0.1) is 0 Å². The molecule has 3 rings (SSSR count). The van der Waals surface area contributed by atoms with E-state index in [1.165, 1.54) is 6.92 Å². The monoisotopic (exact) mass is 449 g/mol. The minimum Gasteiger partial charge on any atom is -0.479 e. The molecule has 0 bridgehead atoms. The van der Waals surface area contributed by atoms with Crippen LogP contribution in [0.1, 0.15) is 31.0 Å². The van der Waals surface area contributed by atoms with Gasteiger partial charge in [-0.3, -0.25) is 0 Å². The van der Waals surface area contributed by atoms with Gasteiger partial charge in [0.05, 0.1) is 35.6 Å². The van der Waals surface area contributed by atoms with Gasteiger partial charge in [0, 0.05) is 0 Å². The van der Waals surface area contributed by atoms with Gasteiger partial charge in [0.2, 0.25) is 0 Å². The first-order valence-corrected chi connectivity index (χ1v) is 10.3. The van der Waals surface area contributed by atoms with Crippen LogP contribution in [0, 0.1) is 11.3 Å². The SMILES string of the molecule is CCOC(=O)C1=C(COC(=O)[C@@H](C)Oc2ccc(C#N)cc2)NC(=O)N[C@@H]1c1ccccc1. The third-order valence-corrected chi connectivity index (χ3v) is 4.77. The topological polar surface area (TPSA) is 127 Å². The first kappa shape index (κ1) is 23.3. The first-order valence-electron chi connectivity index (χ1n) is 10.3. The molecule has 170 valence electrons. The van der Waals surface area contributed by atoms with E-state index in [0.717, 1.165) is 0 Å². The molecule has 0 saturated carbocycles. The van der Waals surface area contributed by atoms with Gasteiger partial charge in [0.25, 0.3) is 0 Å². The predicted molar refractivity (Wildman–Crippen MR) is 117 cm³/mol. The summed E-state index contributed by atoms with van der Waals surface area (Å²) in [5, 5.41) is 14.1. The van der Waals surface area contributed by atoms with Gasteiger partial charge in [-0.1, -0.05) is 30.3 Å². The zero-order chi connectivity index (χ0) is 23.8. The van der Waals surface area contributed by atoms with Crippen molar-refractivity contribution >= 4 is 18.0 Å². The van der Waals surface area contributed by atoms with E-state index in [4.69, 9.17) is 19.5 Å². The highest BCUT2D eigenvalue weighted by atomic mass is 16.6. The maximum Gasteiger partial charge on any atom is 0.347 e. The van der Waals surface area contributed by atoms with Crippen LogP contribution < -0.4 is 15.4 Å². The molecular formula is C24H23N3O6. The van der Waals surface area contributed by atoms with Gasteiger partial charge in [0.1, 0.15) is 12.4 Å². The van der Waals surface area contributed by atoms with Crippen molar-refractivity contribution in [2.24, 2.45) is 0 Å². The van der Waals surface area contributed by atoms with Crippen LogP contribution in [-0.4, -0.2) is 37.3 Å². The van der Waals surface area contributed by atoms with E-state index in [-0.39, 0.29) is 24.5 Å². The van der Waals surface area contributed by atoms with E-state index in [1.54, 1.807) is 55.5 Å². The van der Waals surface area contributed by atoms with Gasteiger partial charge < -0.3 is 24.8 Å². The van der Waals surface area contributed by atoms with Crippen LogP contribution in [0.2, 0.25) is 0 Å². The molecule has 1 heterocycles. The number of nitriles is 1. The van der Waals surface area contributed by atoms with Crippen LogP contribution in [0.3, 0.4) is 0 Å². The lowest BCUT2D eigenvalue weighted by Gasteiger charge is -2.29. The number of ether oxygens (including phenoxy) is 3. The van der Waals surface area contributed by atoms with Crippen LogP contribution >= 0.6 is 0 Å². The summed E-state index contributed by atoms with van der Waals surface area (Å²) in [7, 11) is 0. The Morgan fingerprint density at radius 3 is 2.42 bits per heavy atom. The summed E-state index contributed by atoms with van der Waals surface area (Å²) in [6.07, 6.45) is -0.966. The molecule has 2 aromatic carbocycles. The fourth-order valence-corrected chi connectivity index (χ4v) is 3.20. The number of nitrogens with zero attached hydrogens (tertiary/aromatic N) is 1. The van der Waals surface area contributed by atoms with Crippen LogP contribution in [0.4, 0.5) is 4.79 Å². The highest BCUT2D eigenvalue weighted by Crippen LogP contribution is 2.28. The molecule has 2 atom stereocenters. The second kappa shape index (κ2) is 10.8. The molecule has 9 nitrogen and oxygen atoms in total. The molecular weight excluding hydrogens is 426 g/mol. The number of hydrogen-bond acceptors (Lipinski definition) is 7. The standard InChI is InChI=1S/C24H23N3O6/c1-3-31-23(29)20-19(26-24(30)27-21(20)17-7-5-4-6-8-17)14-32-22(28)15(2)33-18-11-9-16(13-25)10-12-18/h4-12,15,21H,3,14H2,1-2H3,(H2,26,27,30)/t15-,21-/m1/s1. The van der Waals surface area contributed by atoms with Crippen molar-refractivity contribution in [2.75, 3.05) is 13.2 Å². The van der Waals surface area contributed by atoms with Crippen molar-refractivity contribution in [3.63, 3.8) is 0 Å². The number of hydrogen-bond donors (Lipinski definition) is 2. The summed E-state index contributed by atoms with van der Waals surface area (Å²) in [4.78, 5) is 37.5. The first-order chi connectivity index (χ1) is 15.9. The molecule has 0 fully saturated rings. The van der Waals surface area contributed by atoms with E-state index < -0.39 is 30.1 Å². The molecule has 0 spiro atoms. The molecule has 1 aliphatic heterocycles. The molecule has 9 heteroatoms. The van der Waals surface area contributed by atoms with E-state index in [0.29, 0.717) is 16.9 Å². The lowest BCUT2D eigenvalue weighted by molar-refractivity contribution is -0.150. The van der Waals surface area contributed by atoms with Crippen molar-refractivity contribution in [3.8, 4) is 11.8 Å². The third kappa shape index (κ3) is 5.89. The molecule has 0 aliphatic carbocycles. The minimum absolute atomic E-state index is 0.130. The molecule has 1 aliphatic rings. The number of nitrogens with one attached hydrogen (secondary N) is 2. The molecule has 0 saturated heterocycles. The van der Waals surface area contributed by atoms with E-state index in [9.17, 15) is 14.4 Å². The second-order valence-corrected chi connectivity index (χ2v) is 7.06. The number of urea groups is 1. The molecule has 2 amide bonds. The number of esters is 2. The fourth-order valence-electron chi connectivity index (χ4n) is 3.20. The minimum atomic E-state index is -0.966. The largest absolute Gasteiger partial charge is 0.479 e. The van der Waals surface area contributed by atoms with Crippen molar-refractivity contribution in [3.05, 3.63) is 77.0 Å². The fraction of sp³-hybridized carbons (Fsp3) is 0.250. The molecule has 2 aromatic rings. The van der Waals surface area contributed by atoms with E-state index in [1.807, 2.05) is 12.1 Å². The lowest BCUT2D eigenvalue weighted by atomic mass is 9.95. The maximum absolute atomic E-state index is 12.7. The normalized spacial score (nSPS) is 16.0. The Morgan fingerprint density at radius 2 is 1.79 bits per heavy atom. The zero-order valence-electron chi connectivity index (χ0n) is 18.2. The highest BCUT2D eigenvalue weighted by molar-refractivity contribution is 5.95. The van der Waals surface area contributed by atoms with Crippen molar-refractivity contribution < 1.29 is 28.6 Å². The molecule has 0 unspecified atom stereocenters. The molecule has 33 heavy (non-hydrogen) atoms. The number of rotatable bonds is 8. The summed E-state index contributed by atoms with van der Waals surface area (Å²) in [6, 6.07) is 15.9. The Bertz CT molecular complexity index is 1090. The predicted octanol–water partition coefficient (Wildman–Crippen LogP) is 2.74. The van der Waals surface area contributed by atoms with Crippen LogP contribution in [0.15, 0.2) is 65.9 Å². The Morgan fingerprint density at radius 1 is 1.09 bits per heavy atom. The van der Waals surface area contributed by atoms with Crippen molar-refractivity contribution in [1.82, 2.24) is 10.6 Å². The number of amides is 2. The Hall–Kier alpha value is -4.32. The second-order valence-electron chi connectivity index (χ2n) is 7.06. The Kier molecular flexibility index (Phi) is 7.65. The van der Waals surface area contributed by atoms with E-state index in [2.05, 4.69) is 10.6 Å². The van der Waals surface area contributed by atoms with Gasteiger partial charge >= 0.3 is 18.0 Å². The summed E-state index contributed by atoms with van der Waals surface area (Å²) in [6.45, 7) is 2.97. The molecule has 2 N–H and O–H groups in total. The summed E-state index contributed by atoms with van der Waals surface area (Å²) >= 11 is 0. The summed E-state index contributed by atoms with van der Waals surface area (Å²) in [5.74, 6) is -0.935. The molecule has 0 aromatic heterocycles. The summed E-state index contributed by atoms with van der Waals surface area (Å²) < 4.78 is 16.1. The van der Waals surface area contributed by atoms with E-state index >= 15 is 0 Å². The van der Waals surface area contributed by atoms with Gasteiger partial charge in [-0.2, -0.15) is 5.26 Å². The van der Waals surface area contributed by atoms with Crippen molar-refractivity contribution in [2.45, 2.75) is 26.0 Å². The van der Waals surface area contributed by atoms with Gasteiger partial charge in [-0.25, -0.2) is 14.4 Å². The number of carbonyl (C=O) groups is 3. The van der Waals surface area contributed by atoms with Crippen LogP contribution in [0.25, 0.3) is 0 Å². The number of carbonyl (C=O) groups excluding carboxylic acids is 3. The average molecular weight is 449 g/mol. The molecule has 0 radical (unpaired) electrons. The average Bonchev–Trinajstić information content (AvgIpc) is 2.83. The van der Waals surface area contributed by atoms with Crippen LogP contribution in [0.5, 0.6) is 5.75 Å². The Balaban J connectivity index is 1.77. The summed E-state index contributed by atoms with van der Waals surface area (Å²) in [5.41, 5.74) is 1.42. The zero-order valence-corrected chi connectivity index (χ0v) is 18.2. The van der Waals surface area contributed by atoms with Gasteiger partial charge in [0.15, 0.2) is 6.10 Å². The Labute approximate surface area is 190 Å². The number of benzene rings is 2. The highest BCUT2D eigenvalue weighted by Gasteiger charge is 2.34. The van der Waals surface area contributed by atoms with Gasteiger partial charge in [-0.05, 0) is 43.7 Å². The maximum atomic E-state index is 12.7. The van der Waals surface area contributed by atoms with Crippen LogP contribution in [-0.2, 0) is 19.1 Å². The smallest absolute Gasteiger partial charge is 0.347 e.